The first-order valence-corrected chi connectivity index (χ1v) is 14.1. The molecule has 40 heavy (non-hydrogen) atoms. The number of nitrogens with one attached hydrogen (secondary N) is 2. The van der Waals surface area contributed by atoms with E-state index in [0.717, 1.165) is 30.9 Å². The number of benzene rings is 1. The third-order valence-electron chi connectivity index (χ3n) is 7.82. The summed E-state index contributed by atoms with van der Waals surface area (Å²) in [4.78, 5) is 20.9. The van der Waals surface area contributed by atoms with Crippen LogP contribution in [0.5, 0.6) is 0 Å². The minimum Gasteiger partial charge on any atom is -0.387 e. The molecule has 2 saturated heterocycles. The molecule has 0 bridgehead atoms. The number of piperidine rings is 1. The number of aliphatic hydroxyl groups is 2. The van der Waals surface area contributed by atoms with Crippen molar-refractivity contribution in [1.82, 2.24) is 20.7 Å². The second kappa shape index (κ2) is 11.7. The lowest BCUT2D eigenvalue weighted by atomic mass is 9.99. The predicted octanol–water partition coefficient (Wildman–Crippen LogP) is 1.21. The van der Waals surface area contributed by atoms with E-state index in [1.807, 2.05) is 37.3 Å². The molecule has 5 atom stereocenters. The fraction of sp³-hybridized carbons (Fsp3) is 0.536. The summed E-state index contributed by atoms with van der Waals surface area (Å²) in [6.07, 6.45) is 1.29. The molecule has 212 valence electrons. The first kappa shape index (κ1) is 26.9. The zero-order valence-corrected chi connectivity index (χ0v) is 22.6. The van der Waals surface area contributed by atoms with Crippen LogP contribution >= 0.6 is 0 Å². The van der Waals surface area contributed by atoms with Gasteiger partial charge in [0.1, 0.15) is 30.8 Å². The number of fused-ring (bicyclic) bond motifs is 1. The summed E-state index contributed by atoms with van der Waals surface area (Å²) in [6.45, 7) is 5.84. The summed E-state index contributed by atoms with van der Waals surface area (Å²) in [5, 5.41) is 33.4. The van der Waals surface area contributed by atoms with E-state index in [2.05, 4.69) is 30.7 Å². The fourth-order valence-electron chi connectivity index (χ4n) is 5.61. The molecule has 1 aromatic carbocycles. The molecule has 1 unspecified atom stereocenters. The Morgan fingerprint density at radius 3 is 2.75 bits per heavy atom. The van der Waals surface area contributed by atoms with E-state index in [-0.39, 0.29) is 0 Å². The maximum absolute atomic E-state index is 11.3. The summed E-state index contributed by atoms with van der Waals surface area (Å²) in [5.41, 5.74) is 2.30. The lowest BCUT2D eigenvalue weighted by Gasteiger charge is -2.41. The van der Waals surface area contributed by atoms with Crippen LogP contribution in [-0.4, -0.2) is 94.3 Å². The molecule has 0 amide bonds. The van der Waals surface area contributed by atoms with Gasteiger partial charge in [-0.15, -0.1) is 0 Å². The minimum atomic E-state index is -1.37. The van der Waals surface area contributed by atoms with Crippen LogP contribution in [-0.2, 0) is 17.7 Å². The third kappa shape index (κ3) is 5.37. The zero-order chi connectivity index (χ0) is 27.5. The summed E-state index contributed by atoms with van der Waals surface area (Å²) in [5.74, 6) is -0.141. The van der Waals surface area contributed by atoms with Crippen molar-refractivity contribution in [2.45, 2.75) is 69.4 Å². The number of aryl methyl sites for hydroxylation is 1. The van der Waals surface area contributed by atoms with Crippen molar-refractivity contribution in [3.63, 3.8) is 0 Å². The molecule has 4 N–H and O–H groups in total. The molecular formula is C28H36N8O4. The van der Waals surface area contributed by atoms with Crippen molar-refractivity contribution in [2.24, 2.45) is 20.0 Å². The van der Waals surface area contributed by atoms with Gasteiger partial charge < -0.3 is 29.7 Å². The van der Waals surface area contributed by atoms with Crippen molar-refractivity contribution in [1.29, 1.82) is 0 Å². The number of ether oxygens (including phenoxy) is 1. The van der Waals surface area contributed by atoms with Crippen LogP contribution in [0.15, 0.2) is 60.9 Å². The van der Waals surface area contributed by atoms with Crippen LogP contribution in [0, 0.1) is 0 Å². The highest BCUT2D eigenvalue weighted by molar-refractivity contribution is 6.70. The SMILES string of the molecule is CCc1cc([C@H]2O[C@H](C3(NCCN4CCCCC4)N=C4N=CN=C4C(=NCc4ccccc4)N3)[C@H](O)[C@@H]2O)on1. The first-order chi connectivity index (χ1) is 19.6. The molecular weight excluding hydrogens is 512 g/mol. The Bertz CT molecular complexity index is 1300. The number of aliphatic hydroxyl groups excluding tert-OH is 2. The van der Waals surface area contributed by atoms with Crippen LogP contribution in [0.3, 0.4) is 0 Å². The normalized spacial score (nSPS) is 31.2. The predicted molar refractivity (Wildman–Crippen MR) is 151 cm³/mol. The zero-order valence-electron chi connectivity index (χ0n) is 22.6. The number of likely N-dealkylation sites (tertiary alicyclic amines) is 1. The number of aliphatic imine (C=N–C) groups is 4. The second-order valence-electron chi connectivity index (χ2n) is 10.6. The fourth-order valence-corrected chi connectivity index (χ4v) is 5.61. The molecule has 0 saturated carbocycles. The van der Waals surface area contributed by atoms with Gasteiger partial charge in [0.25, 0.3) is 0 Å². The lowest BCUT2D eigenvalue weighted by Crippen LogP contribution is -2.71. The molecule has 12 nitrogen and oxygen atoms in total. The van der Waals surface area contributed by atoms with Gasteiger partial charge in [0.2, 0.25) is 5.79 Å². The largest absolute Gasteiger partial charge is 0.387 e. The van der Waals surface area contributed by atoms with E-state index in [0.29, 0.717) is 42.7 Å². The van der Waals surface area contributed by atoms with E-state index >= 15 is 0 Å². The maximum atomic E-state index is 11.3. The van der Waals surface area contributed by atoms with Crippen LogP contribution in [0.2, 0.25) is 0 Å². The number of amidine groups is 2. The van der Waals surface area contributed by atoms with Gasteiger partial charge in [0, 0.05) is 19.2 Å². The van der Waals surface area contributed by atoms with Crippen molar-refractivity contribution in [2.75, 3.05) is 26.2 Å². The van der Waals surface area contributed by atoms with Crippen molar-refractivity contribution in [3.8, 4) is 0 Å². The lowest BCUT2D eigenvalue weighted by molar-refractivity contribution is -0.0593. The van der Waals surface area contributed by atoms with Crippen LogP contribution in [0.4, 0.5) is 0 Å². The number of rotatable bonds is 9. The number of aromatic nitrogens is 1. The summed E-state index contributed by atoms with van der Waals surface area (Å²) in [7, 11) is 0. The Kier molecular flexibility index (Phi) is 7.85. The molecule has 5 heterocycles. The van der Waals surface area contributed by atoms with Gasteiger partial charge in [-0.2, -0.15) is 0 Å². The van der Waals surface area contributed by atoms with Gasteiger partial charge in [-0.3, -0.25) is 10.3 Å². The number of hydrogen-bond acceptors (Lipinski definition) is 11. The molecule has 6 rings (SSSR count). The van der Waals surface area contributed by atoms with Gasteiger partial charge in [-0.25, -0.2) is 15.0 Å². The van der Waals surface area contributed by atoms with Crippen molar-refractivity contribution in [3.05, 3.63) is 53.4 Å². The van der Waals surface area contributed by atoms with Crippen LogP contribution in [0.25, 0.3) is 0 Å². The molecule has 1 aromatic heterocycles. The van der Waals surface area contributed by atoms with E-state index in [1.165, 1.54) is 25.6 Å². The van der Waals surface area contributed by atoms with E-state index in [4.69, 9.17) is 19.2 Å². The smallest absolute Gasteiger partial charge is 0.217 e. The summed E-state index contributed by atoms with van der Waals surface area (Å²) >= 11 is 0. The average Bonchev–Trinajstić information content (AvgIpc) is 3.73. The third-order valence-corrected chi connectivity index (χ3v) is 7.82. The highest BCUT2D eigenvalue weighted by atomic mass is 16.6. The molecule has 0 spiro atoms. The van der Waals surface area contributed by atoms with Gasteiger partial charge in [-0.1, -0.05) is 48.8 Å². The maximum Gasteiger partial charge on any atom is 0.217 e. The number of hydrogen-bond donors (Lipinski definition) is 4. The quantitative estimate of drug-likeness (QED) is 0.365. The van der Waals surface area contributed by atoms with Crippen LogP contribution < -0.4 is 10.6 Å². The van der Waals surface area contributed by atoms with E-state index < -0.39 is 30.2 Å². The average molecular weight is 549 g/mol. The molecule has 2 fully saturated rings. The van der Waals surface area contributed by atoms with E-state index in [9.17, 15) is 10.2 Å². The van der Waals surface area contributed by atoms with Gasteiger partial charge >= 0.3 is 0 Å². The number of nitrogens with zero attached hydrogens (tertiary/aromatic N) is 6. The summed E-state index contributed by atoms with van der Waals surface area (Å²) < 4.78 is 11.8. The molecule has 0 aliphatic carbocycles. The minimum absolute atomic E-state index is 0.358. The molecule has 0 radical (unpaired) electrons. The van der Waals surface area contributed by atoms with Crippen molar-refractivity contribution < 1.29 is 19.5 Å². The topological polar surface area (TPSA) is 152 Å². The second-order valence-corrected chi connectivity index (χ2v) is 10.6. The van der Waals surface area contributed by atoms with Gasteiger partial charge in [0.05, 0.1) is 12.2 Å². The highest BCUT2D eigenvalue weighted by Crippen LogP contribution is 2.39. The van der Waals surface area contributed by atoms with Gasteiger partial charge in [-0.05, 0) is 37.9 Å². The Morgan fingerprint density at radius 2 is 1.98 bits per heavy atom. The summed E-state index contributed by atoms with van der Waals surface area (Å²) in [6, 6.07) is 11.7. The standard InChI is InChI=1S/C28H36N8O4/c1-2-19-15-20(40-35-19)24-22(37)23(38)25(39-24)28(32-11-14-36-12-7-4-8-13-36)33-26(21-27(34-28)31-17-30-21)29-16-18-9-5-3-6-10-18/h3,5-6,9-10,15,17,22-25,32,37-38H,2,4,7-8,11-14,16H2,1H3,(H,29,33)/t22-,23+,24+,25-,28?/m0/s1. The van der Waals surface area contributed by atoms with Gasteiger partial charge in [0.15, 0.2) is 23.1 Å². The molecule has 4 aliphatic rings. The van der Waals surface area contributed by atoms with Crippen molar-refractivity contribution >= 4 is 23.7 Å². The van der Waals surface area contributed by atoms with E-state index in [1.54, 1.807) is 6.07 Å². The Balaban J connectivity index is 1.32. The molecule has 12 heteroatoms. The molecule has 4 aliphatic heterocycles. The first-order valence-electron chi connectivity index (χ1n) is 14.1. The Labute approximate surface area is 233 Å². The Morgan fingerprint density at radius 1 is 1.15 bits per heavy atom. The highest BCUT2D eigenvalue weighted by Gasteiger charge is 2.57. The van der Waals surface area contributed by atoms with Crippen LogP contribution in [0.1, 0.15) is 49.3 Å². The Hall–Kier alpha value is -3.29. The molecule has 2 aromatic rings. The monoisotopic (exact) mass is 548 g/mol.